The van der Waals surface area contributed by atoms with Crippen molar-refractivity contribution in [2.24, 2.45) is 0 Å². The molecule has 0 bridgehead atoms. The summed E-state index contributed by atoms with van der Waals surface area (Å²) in [6.07, 6.45) is 0.138. The van der Waals surface area contributed by atoms with Gasteiger partial charge in [-0.05, 0) is 51.7 Å². The predicted octanol–water partition coefficient (Wildman–Crippen LogP) is 1.85. The van der Waals surface area contributed by atoms with E-state index in [4.69, 9.17) is 20.9 Å². The van der Waals surface area contributed by atoms with E-state index in [0.717, 1.165) is 5.46 Å². The monoisotopic (exact) mass is 351 g/mol. The molecular formula is C17H23BClNO4. The van der Waals surface area contributed by atoms with Gasteiger partial charge >= 0.3 is 7.12 Å². The van der Waals surface area contributed by atoms with Gasteiger partial charge in [0.15, 0.2) is 0 Å². The minimum atomic E-state index is -0.539. The Bertz CT molecular complexity index is 648. The zero-order valence-corrected chi connectivity index (χ0v) is 15.3. The van der Waals surface area contributed by atoms with Gasteiger partial charge in [0, 0.05) is 13.1 Å². The van der Waals surface area contributed by atoms with Gasteiger partial charge in [-0.3, -0.25) is 4.79 Å². The molecule has 7 heteroatoms. The number of hydrogen-bond donors (Lipinski definition) is 1. The third-order valence-electron chi connectivity index (χ3n) is 5.20. The summed E-state index contributed by atoms with van der Waals surface area (Å²) >= 11 is 6.23. The van der Waals surface area contributed by atoms with Crippen LogP contribution in [0.15, 0.2) is 18.2 Å². The van der Waals surface area contributed by atoms with E-state index in [-0.39, 0.29) is 5.91 Å². The maximum Gasteiger partial charge on any atom is 0.494 e. The fourth-order valence-electron chi connectivity index (χ4n) is 2.93. The Hall–Kier alpha value is -1.08. The lowest BCUT2D eigenvalue weighted by molar-refractivity contribution is 0.00578. The number of carbonyl (C=O) groups excluding carboxylic acids is 1. The summed E-state index contributed by atoms with van der Waals surface area (Å²) in [4.78, 5) is 14.3. The normalized spacial score (nSPS) is 25.3. The molecule has 130 valence electrons. The molecule has 1 amide bonds. The third kappa shape index (κ3) is 3.08. The highest BCUT2D eigenvalue weighted by molar-refractivity contribution is 6.62. The van der Waals surface area contributed by atoms with Crippen LogP contribution in [0.4, 0.5) is 0 Å². The number of likely N-dealkylation sites (tertiary alicyclic amines) is 1. The molecule has 1 aromatic rings. The Morgan fingerprint density at radius 1 is 1.29 bits per heavy atom. The lowest BCUT2D eigenvalue weighted by atomic mass is 9.78. The largest absolute Gasteiger partial charge is 0.494 e. The van der Waals surface area contributed by atoms with Crippen molar-refractivity contribution in [2.45, 2.75) is 51.4 Å². The molecule has 2 fully saturated rings. The second-order valence-corrected chi connectivity index (χ2v) is 7.93. The van der Waals surface area contributed by atoms with Crippen LogP contribution in [0.25, 0.3) is 0 Å². The Kier molecular flexibility index (Phi) is 4.45. The fraction of sp³-hybridized carbons (Fsp3) is 0.588. The summed E-state index contributed by atoms with van der Waals surface area (Å²) < 4.78 is 12.1. The highest BCUT2D eigenvalue weighted by Crippen LogP contribution is 2.36. The van der Waals surface area contributed by atoms with Crippen LogP contribution in [-0.2, 0) is 9.31 Å². The zero-order chi connectivity index (χ0) is 17.7. The predicted molar refractivity (Wildman–Crippen MR) is 93.7 cm³/mol. The molecule has 0 aromatic heterocycles. The molecule has 5 nitrogen and oxygen atoms in total. The number of amides is 1. The van der Waals surface area contributed by atoms with Crippen LogP contribution < -0.4 is 5.46 Å². The zero-order valence-electron chi connectivity index (χ0n) is 14.5. The van der Waals surface area contributed by atoms with Crippen LogP contribution in [0, 0.1) is 0 Å². The number of benzene rings is 1. The van der Waals surface area contributed by atoms with Crippen LogP contribution in [0.1, 0.15) is 44.5 Å². The van der Waals surface area contributed by atoms with Gasteiger partial charge in [0.1, 0.15) is 0 Å². The van der Waals surface area contributed by atoms with Crippen molar-refractivity contribution >= 4 is 30.1 Å². The molecule has 0 unspecified atom stereocenters. The minimum Gasteiger partial charge on any atom is -0.399 e. The van der Waals surface area contributed by atoms with Crippen LogP contribution in [-0.4, -0.2) is 53.4 Å². The van der Waals surface area contributed by atoms with Gasteiger partial charge < -0.3 is 19.3 Å². The third-order valence-corrected chi connectivity index (χ3v) is 5.53. The second kappa shape index (κ2) is 6.02. The molecule has 1 atom stereocenters. The number of carbonyl (C=O) groups is 1. The maximum absolute atomic E-state index is 12.7. The lowest BCUT2D eigenvalue weighted by Crippen LogP contribution is -2.41. The molecule has 2 heterocycles. The quantitative estimate of drug-likeness (QED) is 0.826. The molecule has 1 aromatic carbocycles. The molecule has 3 rings (SSSR count). The molecule has 2 saturated heterocycles. The number of nitrogens with zero attached hydrogens (tertiary/aromatic N) is 1. The van der Waals surface area contributed by atoms with Crippen molar-refractivity contribution in [1.82, 2.24) is 4.90 Å². The van der Waals surface area contributed by atoms with Crippen molar-refractivity contribution in [1.29, 1.82) is 0 Å². The molecule has 2 aliphatic rings. The molecule has 0 saturated carbocycles. The van der Waals surface area contributed by atoms with E-state index in [0.29, 0.717) is 30.1 Å². The van der Waals surface area contributed by atoms with Crippen molar-refractivity contribution in [3.63, 3.8) is 0 Å². The summed E-state index contributed by atoms with van der Waals surface area (Å²) in [7, 11) is -0.539. The van der Waals surface area contributed by atoms with Crippen LogP contribution in [0.3, 0.4) is 0 Å². The number of aliphatic hydroxyl groups excluding tert-OH is 1. The summed E-state index contributed by atoms with van der Waals surface area (Å²) in [6, 6.07) is 5.25. The van der Waals surface area contributed by atoms with Gasteiger partial charge in [-0.25, -0.2) is 0 Å². The topological polar surface area (TPSA) is 59.0 Å². The first-order valence-electron chi connectivity index (χ1n) is 8.23. The molecule has 24 heavy (non-hydrogen) atoms. The van der Waals surface area contributed by atoms with E-state index in [1.54, 1.807) is 17.0 Å². The van der Waals surface area contributed by atoms with E-state index in [9.17, 15) is 9.90 Å². The van der Waals surface area contributed by atoms with E-state index in [1.165, 1.54) is 0 Å². The Morgan fingerprint density at radius 2 is 1.92 bits per heavy atom. The van der Waals surface area contributed by atoms with Gasteiger partial charge in [0.25, 0.3) is 5.91 Å². The second-order valence-electron chi connectivity index (χ2n) is 7.52. The summed E-state index contributed by atoms with van der Waals surface area (Å²) in [5.41, 5.74) is 0.292. The summed E-state index contributed by atoms with van der Waals surface area (Å²) in [5.74, 6) is -0.171. The molecule has 2 aliphatic heterocycles. The number of rotatable bonds is 2. The molecule has 1 N–H and O–H groups in total. The van der Waals surface area contributed by atoms with E-state index < -0.39 is 24.4 Å². The summed E-state index contributed by atoms with van der Waals surface area (Å²) in [6.45, 7) is 8.83. The first kappa shape index (κ1) is 17.7. The van der Waals surface area contributed by atoms with Gasteiger partial charge in [-0.1, -0.05) is 17.7 Å². The van der Waals surface area contributed by atoms with Crippen LogP contribution in [0.5, 0.6) is 0 Å². The molecule has 0 aliphatic carbocycles. The SMILES string of the molecule is CC1(C)OB(c2ccc(Cl)c(C(=O)N3CC[C@H](O)C3)c2)OC1(C)C. The fourth-order valence-corrected chi connectivity index (χ4v) is 3.13. The standard InChI is InChI=1S/C17H23BClNO4/c1-16(2)17(3,4)24-18(23-16)11-5-6-14(19)13(9-11)15(22)20-8-7-12(21)10-20/h5-6,9,12,21H,7-8,10H2,1-4H3/t12-/m0/s1. The number of halogens is 1. The molecule has 0 spiro atoms. The first-order chi connectivity index (χ1) is 11.1. The smallest absolute Gasteiger partial charge is 0.399 e. The number of hydrogen-bond acceptors (Lipinski definition) is 4. The number of β-amino-alcohol motifs (C(OH)–C–C–N with tert-alkyl or cyclic N) is 1. The Morgan fingerprint density at radius 3 is 2.46 bits per heavy atom. The van der Waals surface area contributed by atoms with Gasteiger partial charge in [0.05, 0.1) is 27.9 Å². The van der Waals surface area contributed by atoms with Gasteiger partial charge in [0.2, 0.25) is 0 Å². The lowest BCUT2D eigenvalue weighted by Gasteiger charge is -2.32. The number of aliphatic hydroxyl groups is 1. The average Bonchev–Trinajstić information content (AvgIpc) is 3.00. The van der Waals surface area contributed by atoms with Crippen LogP contribution >= 0.6 is 11.6 Å². The highest BCUT2D eigenvalue weighted by Gasteiger charge is 2.51. The maximum atomic E-state index is 12.7. The Labute approximate surface area is 148 Å². The van der Waals surface area contributed by atoms with E-state index in [2.05, 4.69) is 0 Å². The van der Waals surface area contributed by atoms with Crippen molar-refractivity contribution in [3.8, 4) is 0 Å². The minimum absolute atomic E-state index is 0.171. The van der Waals surface area contributed by atoms with Gasteiger partial charge in [-0.2, -0.15) is 0 Å². The first-order valence-corrected chi connectivity index (χ1v) is 8.61. The van der Waals surface area contributed by atoms with Crippen LogP contribution in [0.2, 0.25) is 5.02 Å². The van der Waals surface area contributed by atoms with Gasteiger partial charge in [-0.15, -0.1) is 0 Å². The summed E-state index contributed by atoms with van der Waals surface area (Å²) in [5, 5.41) is 10.0. The van der Waals surface area contributed by atoms with E-state index in [1.807, 2.05) is 33.8 Å². The molecular weight excluding hydrogens is 328 g/mol. The van der Waals surface area contributed by atoms with E-state index >= 15 is 0 Å². The average molecular weight is 352 g/mol. The Balaban J connectivity index is 1.86. The van der Waals surface area contributed by atoms with Crippen molar-refractivity contribution in [2.75, 3.05) is 13.1 Å². The van der Waals surface area contributed by atoms with Crippen molar-refractivity contribution in [3.05, 3.63) is 28.8 Å². The van der Waals surface area contributed by atoms with Crippen molar-refractivity contribution < 1.29 is 19.2 Å². The molecule has 0 radical (unpaired) electrons. The highest BCUT2D eigenvalue weighted by atomic mass is 35.5.